The summed E-state index contributed by atoms with van der Waals surface area (Å²) in [5.41, 5.74) is 6.74. The zero-order valence-electron chi connectivity index (χ0n) is 7.86. The predicted molar refractivity (Wildman–Crippen MR) is 49.6 cm³/mol. The smallest absolute Gasteiger partial charge is 0.212 e. The zero-order chi connectivity index (χ0) is 9.68. The van der Waals surface area contributed by atoms with Crippen molar-refractivity contribution in [2.45, 2.75) is 6.04 Å². The zero-order valence-corrected chi connectivity index (χ0v) is 7.86. The second-order valence-electron chi connectivity index (χ2n) is 2.70. The lowest BCUT2D eigenvalue weighted by molar-refractivity contribution is 0.180. The molecule has 1 heterocycles. The van der Waals surface area contributed by atoms with Crippen LogP contribution in [0.15, 0.2) is 18.3 Å². The number of nitrogens with zero attached hydrogens (tertiary/aromatic N) is 1. The normalized spacial score (nSPS) is 12.5. The molecule has 72 valence electrons. The van der Waals surface area contributed by atoms with Crippen molar-refractivity contribution in [2.75, 3.05) is 20.8 Å². The summed E-state index contributed by atoms with van der Waals surface area (Å²) >= 11 is 0. The van der Waals surface area contributed by atoms with Crippen LogP contribution in [0.3, 0.4) is 0 Å². The SMILES string of the molecule is COCC(N)c1ccc(OC)nc1. The number of rotatable bonds is 4. The molecular weight excluding hydrogens is 168 g/mol. The van der Waals surface area contributed by atoms with E-state index < -0.39 is 0 Å². The summed E-state index contributed by atoms with van der Waals surface area (Å²) in [7, 11) is 3.20. The summed E-state index contributed by atoms with van der Waals surface area (Å²) in [4.78, 5) is 4.04. The fraction of sp³-hybridized carbons (Fsp3) is 0.444. The van der Waals surface area contributed by atoms with Crippen molar-refractivity contribution in [3.8, 4) is 5.88 Å². The molecule has 0 aliphatic rings. The maximum Gasteiger partial charge on any atom is 0.212 e. The van der Waals surface area contributed by atoms with Gasteiger partial charge in [0.2, 0.25) is 5.88 Å². The molecule has 1 atom stereocenters. The molecule has 4 nitrogen and oxygen atoms in total. The molecule has 0 aliphatic carbocycles. The monoisotopic (exact) mass is 182 g/mol. The maximum atomic E-state index is 5.79. The van der Waals surface area contributed by atoms with E-state index in [9.17, 15) is 0 Å². The largest absolute Gasteiger partial charge is 0.481 e. The summed E-state index contributed by atoms with van der Waals surface area (Å²) in [6.07, 6.45) is 1.70. The van der Waals surface area contributed by atoms with Crippen molar-refractivity contribution in [3.63, 3.8) is 0 Å². The van der Waals surface area contributed by atoms with Crippen molar-refractivity contribution in [1.82, 2.24) is 4.98 Å². The van der Waals surface area contributed by atoms with Crippen LogP contribution in [0.5, 0.6) is 5.88 Å². The number of hydrogen-bond acceptors (Lipinski definition) is 4. The van der Waals surface area contributed by atoms with E-state index in [1.165, 1.54) is 0 Å². The third-order valence-electron chi connectivity index (χ3n) is 1.74. The summed E-state index contributed by atoms with van der Waals surface area (Å²) in [6, 6.07) is 3.55. The first-order valence-corrected chi connectivity index (χ1v) is 4.02. The van der Waals surface area contributed by atoms with Crippen LogP contribution in [0.4, 0.5) is 0 Å². The Morgan fingerprint density at radius 2 is 2.23 bits per heavy atom. The van der Waals surface area contributed by atoms with Gasteiger partial charge in [-0.1, -0.05) is 6.07 Å². The van der Waals surface area contributed by atoms with Gasteiger partial charge in [-0.05, 0) is 5.56 Å². The highest BCUT2D eigenvalue weighted by Crippen LogP contribution is 2.12. The van der Waals surface area contributed by atoms with Crippen molar-refractivity contribution >= 4 is 0 Å². The van der Waals surface area contributed by atoms with Gasteiger partial charge in [0.15, 0.2) is 0 Å². The van der Waals surface area contributed by atoms with E-state index in [2.05, 4.69) is 4.98 Å². The lowest BCUT2D eigenvalue weighted by Crippen LogP contribution is -2.16. The molecule has 1 unspecified atom stereocenters. The highest BCUT2D eigenvalue weighted by molar-refractivity contribution is 5.20. The molecule has 0 bridgehead atoms. The molecule has 0 radical (unpaired) electrons. The number of ether oxygens (including phenoxy) is 2. The molecule has 0 fully saturated rings. The second kappa shape index (κ2) is 4.79. The Morgan fingerprint density at radius 3 is 2.69 bits per heavy atom. The summed E-state index contributed by atoms with van der Waals surface area (Å²) in [6.45, 7) is 0.494. The van der Waals surface area contributed by atoms with E-state index in [1.807, 2.05) is 6.07 Å². The highest BCUT2D eigenvalue weighted by Gasteiger charge is 2.05. The van der Waals surface area contributed by atoms with Crippen LogP contribution in [-0.4, -0.2) is 25.8 Å². The van der Waals surface area contributed by atoms with Crippen LogP contribution in [0.1, 0.15) is 11.6 Å². The van der Waals surface area contributed by atoms with Gasteiger partial charge in [0.25, 0.3) is 0 Å². The van der Waals surface area contributed by atoms with Gasteiger partial charge in [-0.15, -0.1) is 0 Å². The minimum Gasteiger partial charge on any atom is -0.481 e. The average Bonchev–Trinajstić information content (AvgIpc) is 2.18. The van der Waals surface area contributed by atoms with Crippen LogP contribution in [-0.2, 0) is 4.74 Å². The van der Waals surface area contributed by atoms with Gasteiger partial charge in [0, 0.05) is 19.4 Å². The Kier molecular flexibility index (Phi) is 3.67. The van der Waals surface area contributed by atoms with Crippen molar-refractivity contribution in [2.24, 2.45) is 5.73 Å². The quantitative estimate of drug-likeness (QED) is 0.746. The Bertz CT molecular complexity index is 248. The fourth-order valence-electron chi connectivity index (χ4n) is 1.01. The van der Waals surface area contributed by atoms with E-state index in [1.54, 1.807) is 26.5 Å². The van der Waals surface area contributed by atoms with Crippen molar-refractivity contribution < 1.29 is 9.47 Å². The molecule has 0 saturated heterocycles. The number of methoxy groups -OCH3 is 2. The predicted octanol–water partition coefficient (Wildman–Crippen LogP) is 0.736. The van der Waals surface area contributed by atoms with Crippen LogP contribution in [0, 0.1) is 0 Å². The van der Waals surface area contributed by atoms with E-state index in [4.69, 9.17) is 15.2 Å². The van der Waals surface area contributed by atoms with E-state index >= 15 is 0 Å². The third kappa shape index (κ3) is 2.68. The summed E-state index contributed by atoms with van der Waals surface area (Å²) < 4.78 is 9.86. The first-order valence-electron chi connectivity index (χ1n) is 4.02. The minimum absolute atomic E-state index is 0.122. The van der Waals surface area contributed by atoms with Gasteiger partial charge >= 0.3 is 0 Å². The average molecular weight is 182 g/mol. The molecule has 4 heteroatoms. The number of pyridine rings is 1. The Labute approximate surface area is 77.7 Å². The lowest BCUT2D eigenvalue weighted by Gasteiger charge is -2.10. The lowest BCUT2D eigenvalue weighted by atomic mass is 10.1. The van der Waals surface area contributed by atoms with Gasteiger partial charge in [0.1, 0.15) is 0 Å². The van der Waals surface area contributed by atoms with E-state index in [0.717, 1.165) is 5.56 Å². The molecule has 0 aromatic carbocycles. The fourth-order valence-corrected chi connectivity index (χ4v) is 1.01. The number of nitrogens with two attached hydrogens (primary N) is 1. The molecule has 0 amide bonds. The first kappa shape index (κ1) is 9.95. The highest BCUT2D eigenvalue weighted by atomic mass is 16.5. The second-order valence-corrected chi connectivity index (χ2v) is 2.70. The molecule has 0 spiro atoms. The molecule has 1 aromatic heterocycles. The van der Waals surface area contributed by atoms with Crippen molar-refractivity contribution in [1.29, 1.82) is 0 Å². The molecule has 1 aromatic rings. The van der Waals surface area contributed by atoms with Gasteiger partial charge in [-0.25, -0.2) is 4.98 Å². The third-order valence-corrected chi connectivity index (χ3v) is 1.74. The molecule has 1 rings (SSSR count). The number of aromatic nitrogens is 1. The van der Waals surface area contributed by atoms with Crippen LogP contribution in [0.25, 0.3) is 0 Å². The van der Waals surface area contributed by atoms with Gasteiger partial charge < -0.3 is 15.2 Å². The molecule has 0 aliphatic heterocycles. The summed E-state index contributed by atoms with van der Waals surface area (Å²) in [5.74, 6) is 0.591. The van der Waals surface area contributed by atoms with Gasteiger partial charge in [-0.3, -0.25) is 0 Å². The van der Waals surface area contributed by atoms with E-state index in [-0.39, 0.29) is 6.04 Å². The first-order chi connectivity index (χ1) is 6.27. The molecular formula is C9H14N2O2. The standard InChI is InChI=1S/C9H14N2O2/c1-12-6-8(10)7-3-4-9(13-2)11-5-7/h3-5,8H,6,10H2,1-2H3. The Hall–Kier alpha value is -1.13. The molecule has 0 saturated carbocycles. The molecule has 2 N–H and O–H groups in total. The number of hydrogen-bond donors (Lipinski definition) is 1. The van der Waals surface area contributed by atoms with Crippen LogP contribution < -0.4 is 10.5 Å². The molecule has 13 heavy (non-hydrogen) atoms. The summed E-state index contributed by atoms with van der Waals surface area (Å²) in [5, 5.41) is 0. The van der Waals surface area contributed by atoms with Crippen LogP contribution in [0.2, 0.25) is 0 Å². The van der Waals surface area contributed by atoms with Crippen LogP contribution >= 0.6 is 0 Å². The Morgan fingerprint density at radius 1 is 1.46 bits per heavy atom. The Balaban J connectivity index is 2.67. The van der Waals surface area contributed by atoms with E-state index in [0.29, 0.717) is 12.5 Å². The van der Waals surface area contributed by atoms with Gasteiger partial charge in [0.05, 0.1) is 19.8 Å². The van der Waals surface area contributed by atoms with Gasteiger partial charge in [-0.2, -0.15) is 0 Å². The maximum absolute atomic E-state index is 5.79. The van der Waals surface area contributed by atoms with Crippen molar-refractivity contribution in [3.05, 3.63) is 23.9 Å². The minimum atomic E-state index is -0.122. The topological polar surface area (TPSA) is 57.4 Å².